The molecule has 0 aliphatic carbocycles. The van der Waals surface area contributed by atoms with Crippen molar-refractivity contribution in [3.8, 4) is 11.3 Å². The molecular formula is C22H20N4O. The van der Waals surface area contributed by atoms with Gasteiger partial charge in [-0.1, -0.05) is 24.3 Å². The summed E-state index contributed by atoms with van der Waals surface area (Å²) in [6, 6.07) is 15.7. The van der Waals surface area contributed by atoms with Gasteiger partial charge < -0.3 is 14.3 Å². The second kappa shape index (κ2) is 6.43. The van der Waals surface area contributed by atoms with Crippen LogP contribution >= 0.6 is 0 Å². The number of carbonyl (C=O) groups excluding carboxylic acids is 1. The van der Waals surface area contributed by atoms with Crippen LogP contribution in [0.3, 0.4) is 0 Å². The standard InChI is InChI=1S/C22H20N4O/c27-22(16-13-17-7-3-5-11-25(17)14-16)24-19-9-2-1-8-18(19)20-15-26-12-6-4-10-21(26)23-20/h1-3,5,7-9,11,13-15H,4,6,10,12H2,(H,24,27). The molecule has 5 nitrogen and oxygen atoms in total. The van der Waals surface area contributed by atoms with Gasteiger partial charge in [0.05, 0.1) is 16.9 Å². The van der Waals surface area contributed by atoms with Crippen LogP contribution in [0.4, 0.5) is 5.69 Å². The van der Waals surface area contributed by atoms with Crippen LogP contribution in [-0.4, -0.2) is 19.9 Å². The van der Waals surface area contributed by atoms with E-state index in [1.165, 1.54) is 12.8 Å². The lowest BCUT2D eigenvalue weighted by Crippen LogP contribution is -2.11. The first-order valence-electron chi connectivity index (χ1n) is 9.31. The van der Waals surface area contributed by atoms with Crippen LogP contribution in [0.2, 0.25) is 0 Å². The van der Waals surface area contributed by atoms with Crippen LogP contribution in [0, 0.1) is 0 Å². The fourth-order valence-electron chi connectivity index (χ4n) is 3.73. The van der Waals surface area contributed by atoms with E-state index in [-0.39, 0.29) is 5.91 Å². The topological polar surface area (TPSA) is 51.3 Å². The third kappa shape index (κ3) is 2.91. The molecule has 0 saturated carbocycles. The van der Waals surface area contributed by atoms with E-state index in [9.17, 15) is 4.79 Å². The molecule has 1 N–H and O–H groups in total. The molecule has 1 aliphatic heterocycles. The minimum Gasteiger partial charge on any atom is -0.334 e. The van der Waals surface area contributed by atoms with E-state index in [1.807, 2.05) is 65.3 Å². The normalized spacial score (nSPS) is 13.5. The number of hydrogen-bond acceptors (Lipinski definition) is 2. The van der Waals surface area contributed by atoms with E-state index in [1.54, 1.807) is 0 Å². The van der Waals surface area contributed by atoms with Gasteiger partial charge in [-0.05, 0) is 37.1 Å². The maximum absolute atomic E-state index is 12.8. The largest absolute Gasteiger partial charge is 0.334 e. The quantitative estimate of drug-likeness (QED) is 0.592. The zero-order valence-electron chi connectivity index (χ0n) is 14.9. The predicted molar refractivity (Wildman–Crippen MR) is 106 cm³/mol. The van der Waals surface area contributed by atoms with Gasteiger partial charge in [0.15, 0.2) is 0 Å². The Morgan fingerprint density at radius 1 is 1.04 bits per heavy atom. The molecule has 0 unspecified atom stereocenters. The fraction of sp³-hybridized carbons (Fsp3) is 0.182. The van der Waals surface area contributed by atoms with Gasteiger partial charge in [0.2, 0.25) is 0 Å². The lowest BCUT2D eigenvalue weighted by molar-refractivity contribution is 0.102. The summed E-state index contributed by atoms with van der Waals surface area (Å²) in [5.74, 6) is 1.02. The molecule has 0 saturated heterocycles. The van der Waals surface area contributed by atoms with E-state index >= 15 is 0 Å². The molecule has 0 fully saturated rings. The maximum atomic E-state index is 12.8. The van der Waals surface area contributed by atoms with E-state index in [0.29, 0.717) is 5.56 Å². The minimum atomic E-state index is -0.116. The lowest BCUT2D eigenvalue weighted by atomic mass is 10.1. The Morgan fingerprint density at radius 2 is 1.93 bits per heavy atom. The van der Waals surface area contributed by atoms with Crippen molar-refractivity contribution < 1.29 is 4.79 Å². The molecule has 5 rings (SSSR count). The molecule has 0 radical (unpaired) electrons. The Kier molecular flexibility index (Phi) is 3.78. The number of aromatic nitrogens is 3. The number of aryl methyl sites for hydroxylation is 2. The maximum Gasteiger partial charge on any atom is 0.257 e. The Balaban J connectivity index is 1.47. The second-order valence-electron chi connectivity index (χ2n) is 6.95. The first-order valence-corrected chi connectivity index (χ1v) is 9.31. The number of rotatable bonds is 3. The molecule has 4 heterocycles. The average Bonchev–Trinajstić information content (AvgIpc) is 3.32. The van der Waals surface area contributed by atoms with Crippen molar-refractivity contribution in [1.82, 2.24) is 14.0 Å². The van der Waals surface area contributed by atoms with Gasteiger partial charge in [-0.15, -0.1) is 0 Å². The predicted octanol–water partition coefficient (Wildman–Crippen LogP) is 4.39. The van der Waals surface area contributed by atoms with Gasteiger partial charge in [0.1, 0.15) is 5.82 Å². The number of hydrogen-bond donors (Lipinski definition) is 1. The molecule has 134 valence electrons. The van der Waals surface area contributed by atoms with Gasteiger partial charge in [0.25, 0.3) is 5.91 Å². The Morgan fingerprint density at radius 3 is 2.81 bits per heavy atom. The number of fused-ring (bicyclic) bond motifs is 2. The SMILES string of the molecule is O=C(Nc1ccccc1-c1cn2c(n1)CCCC2)c1cc2ccccn2c1. The van der Waals surface area contributed by atoms with Crippen molar-refractivity contribution >= 4 is 17.1 Å². The van der Waals surface area contributed by atoms with Crippen LogP contribution in [0.25, 0.3) is 16.8 Å². The number of nitrogens with one attached hydrogen (secondary N) is 1. The summed E-state index contributed by atoms with van der Waals surface area (Å²) in [6.45, 7) is 1.02. The molecule has 4 aromatic rings. The summed E-state index contributed by atoms with van der Waals surface area (Å²) in [5, 5.41) is 3.07. The Hall–Kier alpha value is -3.34. The number of amides is 1. The smallest absolute Gasteiger partial charge is 0.257 e. The summed E-state index contributed by atoms with van der Waals surface area (Å²) in [7, 11) is 0. The van der Waals surface area contributed by atoms with Crippen LogP contribution < -0.4 is 5.32 Å². The molecular weight excluding hydrogens is 336 g/mol. The number of imidazole rings is 1. The molecule has 0 atom stereocenters. The number of pyridine rings is 1. The third-order valence-electron chi connectivity index (χ3n) is 5.13. The first kappa shape index (κ1) is 15.9. The summed E-state index contributed by atoms with van der Waals surface area (Å²) in [6.07, 6.45) is 9.30. The van der Waals surface area contributed by atoms with Gasteiger partial charge in [-0.25, -0.2) is 4.98 Å². The summed E-state index contributed by atoms with van der Waals surface area (Å²) >= 11 is 0. The number of benzene rings is 1. The van der Waals surface area contributed by atoms with Gasteiger partial charge in [-0.3, -0.25) is 4.79 Å². The highest BCUT2D eigenvalue weighted by Gasteiger charge is 2.17. The highest BCUT2D eigenvalue weighted by molar-refractivity contribution is 6.06. The van der Waals surface area contributed by atoms with Crippen molar-refractivity contribution in [2.45, 2.75) is 25.8 Å². The van der Waals surface area contributed by atoms with Gasteiger partial charge in [0, 0.05) is 42.6 Å². The molecule has 1 aliphatic rings. The average molecular weight is 356 g/mol. The van der Waals surface area contributed by atoms with Crippen LogP contribution in [0.15, 0.2) is 67.1 Å². The molecule has 1 aromatic carbocycles. The van der Waals surface area contributed by atoms with Crippen molar-refractivity contribution in [2.75, 3.05) is 5.32 Å². The second-order valence-corrected chi connectivity index (χ2v) is 6.95. The number of anilines is 1. The van der Waals surface area contributed by atoms with Gasteiger partial charge in [-0.2, -0.15) is 0 Å². The molecule has 0 bridgehead atoms. The summed E-state index contributed by atoms with van der Waals surface area (Å²) in [4.78, 5) is 17.6. The van der Waals surface area contributed by atoms with Crippen LogP contribution in [0.5, 0.6) is 0 Å². The fourth-order valence-corrected chi connectivity index (χ4v) is 3.73. The highest BCUT2D eigenvalue weighted by Crippen LogP contribution is 2.29. The molecule has 0 spiro atoms. The number of carbonyl (C=O) groups is 1. The van der Waals surface area contributed by atoms with Crippen molar-refractivity contribution in [3.05, 3.63) is 78.5 Å². The summed E-state index contributed by atoms with van der Waals surface area (Å²) < 4.78 is 4.18. The number of nitrogens with zero attached hydrogens (tertiary/aromatic N) is 3. The first-order chi connectivity index (χ1) is 13.3. The minimum absolute atomic E-state index is 0.116. The lowest BCUT2D eigenvalue weighted by Gasteiger charge is -2.11. The van der Waals surface area contributed by atoms with Crippen LogP contribution in [-0.2, 0) is 13.0 Å². The molecule has 27 heavy (non-hydrogen) atoms. The van der Waals surface area contributed by atoms with Crippen molar-refractivity contribution in [1.29, 1.82) is 0 Å². The van der Waals surface area contributed by atoms with Crippen molar-refractivity contribution in [3.63, 3.8) is 0 Å². The highest BCUT2D eigenvalue weighted by atomic mass is 16.1. The molecule has 3 aromatic heterocycles. The zero-order chi connectivity index (χ0) is 18.2. The molecule has 5 heteroatoms. The Bertz CT molecular complexity index is 1080. The van der Waals surface area contributed by atoms with Crippen LogP contribution in [0.1, 0.15) is 29.0 Å². The van der Waals surface area contributed by atoms with E-state index in [2.05, 4.69) is 16.1 Å². The Labute approximate surface area is 157 Å². The van der Waals surface area contributed by atoms with E-state index in [0.717, 1.165) is 41.3 Å². The monoisotopic (exact) mass is 356 g/mol. The van der Waals surface area contributed by atoms with E-state index in [4.69, 9.17) is 4.98 Å². The van der Waals surface area contributed by atoms with Crippen molar-refractivity contribution in [2.24, 2.45) is 0 Å². The molecule has 1 amide bonds. The zero-order valence-corrected chi connectivity index (χ0v) is 14.9. The number of para-hydroxylation sites is 1. The van der Waals surface area contributed by atoms with Gasteiger partial charge >= 0.3 is 0 Å². The third-order valence-corrected chi connectivity index (χ3v) is 5.13. The van der Waals surface area contributed by atoms with E-state index < -0.39 is 0 Å². The summed E-state index contributed by atoms with van der Waals surface area (Å²) in [5.41, 5.74) is 4.30.